The van der Waals surface area contributed by atoms with Crippen LogP contribution in [-0.2, 0) is 16.5 Å². The number of fused-ring (bicyclic) bond motifs is 1. The van der Waals surface area contributed by atoms with Crippen molar-refractivity contribution in [3.63, 3.8) is 0 Å². The molecule has 0 saturated carbocycles. The lowest BCUT2D eigenvalue weighted by Crippen LogP contribution is -2.66. The maximum Gasteiger partial charge on any atom is 0.411 e. The molecule has 0 saturated heterocycles. The van der Waals surface area contributed by atoms with Gasteiger partial charge in [0.2, 0.25) is 5.95 Å². The van der Waals surface area contributed by atoms with E-state index in [-0.39, 0.29) is 17.0 Å². The van der Waals surface area contributed by atoms with Crippen LogP contribution in [0, 0.1) is 0 Å². The molecule has 1 amide bonds. The molecule has 0 spiro atoms. The summed E-state index contributed by atoms with van der Waals surface area (Å²) in [6.45, 7) is 13.8. The molecule has 1 atom stereocenters. The summed E-state index contributed by atoms with van der Waals surface area (Å²) in [5.74, 6) is 1.16. The van der Waals surface area contributed by atoms with Crippen molar-refractivity contribution in [1.82, 2.24) is 19.7 Å². The standard InChI is InChI=1S/C39H51N7O4Si/c1-8-15-29(22-23-50-51(38(2,3)4,30-16-11-9-12-17-30)31-18-13-10-14-19-31)42-35-34-32(43-36(44-35)45-37(47)48)25-41-46(34)26-27-24-28(39(5,6)40)20-21-33(27)49-7/h9-14,16-21,24-25,29H,8,15,22-23,26,40H2,1-7H3,(H,47,48)(H2,42,43,44,45)/t29-/m0/s1. The van der Waals surface area contributed by atoms with E-state index in [1.807, 2.05) is 48.9 Å². The summed E-state index contributed by atoms with van der Waals surface area (Å²) in [4.78, 5) is 20.8. The third-order valence-corrected chi connectivity index (χ3v) is 14.3. The molecule has 3 aromatic carbocycles. The Morgan fingerprint density at radius 3 is 2.16 bits per heavy atom. The smallest absolute Gasteiger partial charge is 0.411 e. The fourth-order valence-corrected chi connectivity index (χ4v) is 11.4. The normalized spacial score (nSPS) is 12.9. The minimum absolute atomic E-state index is 0.0275. The van der Waals surface area contributed by atoms with Crippen LogP contribution in [0.15, 0.2) is 85.1 Å². The number of nitrogens with one attached hydrogen (secondary N) is 2. The van der Waals surface area contributed by atoms with Crippen LogP contribution in [-0.4, -0.2) is 59.0 Å². The summed E-state index contributed by atoms with van der Waals surface area (Å²) in [5.41, 5.74) is 8.90. The van der Waals surface area contributed by atoms with Gasteiger partial charge in [-0.2, -0.15) is 10.1 Å². The van der Waals surface area contributed by atoms with E-state index in [0.717, 1.165) is 24.0 Å². The van der Waals surface area contributed by atoms with Gasteiger partial charge in [0.05, 0.1) is 19.9 Å². The maximum atomic E-state index is 11.7. The first-order valence-corrected chi connectivity index (χ1v) is 19.4. The number of anilines is 2. The minimum atomic E-state index is -2.73. The van der Waals surface area contributed by atoms with Gasteiger partial charge in [0.1, 0.15) is 16.8 Å². The zero-order chi connectivity index (χ0) is 36.8. The number of amides is 1. The Labute approximate surface area is 301 Å². The first-order chi connectivity index (χ1) is 24.3. The van der Waals surface area contributed by atoms with E-state index in [1.54, 1.807) is 13.3 Å². The van der Waals surface area contributed by atoms with E-state index in [9.17, 15) is 9.90 Å². The number of carbonyl (C=O) groups is 1. The molecule has 0 aliphatic rings. The first kappa shape index (κ1) is 37.5. The molecule has 0 radical (unpaired) electrons. The largest absolute Gasteiger partial charge is 0.496 e. The number of benzene rings is 3. The SMILES string of the molecule is CCC[C@@H](CCO[Si](c1ccccc1)(c1ccccc1)C(C)(C)C)Nc1nc(NC(=O)O)nc2cnn(Cc3cc(C(C)(C)N)ccc3OC)c12. The lowest BCUT2D eigenvalue weighted by Gasteiger charge is -2.43. The number of aromatic nitrogens is 4. The minimum Gasteiger partial charge on any atom is -0.496 e. The number of methoxy groups -OCH3 is 1. The quantitative estimate of drug-likeness (QED) is 0.0870. The van der Waals surface area contributed by atoms with Crippen LogP contribution in [0.3, 0.4) is 0 Å². The average molecular weight is 710 g/mol. The van der Waals surface area contributed by atoms with Crippen LogP contribution in [0.2, 0.25) is 5.04 Å². The highest BCUT2D eigenvalue weighted by Crippen LogP contribution is 2.37. The van der Waals surface area contributed by atoms with Crippen LogP contribution in [0.25, 0.3) is 11.0 Å². The Morgan fingerprint density at radius 1 is 0.961 bits per heavy atom. The number of carboxylic acid groups (broad SMARTS) is 1. The molecule has 270 valence electrons. The van der Waals surface area contributed by atoms with Crippen molar-refractivity contribution in [2.75, 3.05) is 24.4 Å². The molecular weight excluding hydrogens is 659 g/mol. The van der Waals surface area contributed by atoms with Crippen LogP contribution in [0.5, 0.6) is 5.75 Å². The predicted molar refractivity (Wildman–Crippen MR) is 207 cm³/mol. The topological polar surface area (TPSA) is 149 Å². The van der Waals surface area contributed by atoms with E-state index < -0.39 is 19.9 Å². The third-order valence-electron chi connectivity index (χ3n) is 9.23. The fraction of sp³-hybridized carbons (Fsp3) is 0.385. The Balaban J connectivity index is 1.50. The van der Waals surface area contributed by atoms with Crippen molar-refractivity contribution < 1.29 is 19.1 Å². The zero-order valence-corrected chi connectivity index (χ0v) is 31.7. The van der Waals surface area contributed by atoms with Gasteiger partial charge in [-0.3, -0.25) is 10.00 Å². The van der Waals surface area contributed by atoms with Gasteiger partial charge < -0.3 is 25.3 Å². The third kappa shape index (κ3) is 8.41. The Bertz CT molecular complexity index is 1880. The second-order valence-corrected chi connectivity index (χ2v) is 18.8. The number of nitrogens with zero attached hydrogens (tertiary/aromatic N) is 4. The van der Waals surface area contributed by atoms with E-state index in [1.165, 1.54) is 10.4 Å². The molecule has 12 heteroatoms. The predicted octanol–water partition coefficient (Wildman–Crippen LogP) is 6.71. The van der Waals surface area contributed by atoms with Gasteiger partial charge in [-0.15, -0.1) is 0 Å². The molecule has 0 aliphatic carbocycles. The van der Waals surface area contributed by atoms with E-state index in [2.05, 4.69) is 102 Å². The first-order valence-electron chi connectivity index (χ1n) is 17.5. The van der Waals surface area contributed by atoms with Gasteiger partial charge >= 0.3 is 6.09 Å². The molecule has 51 heavy (non-hydrogen) atoms. The van der Waals surface area contributed by atoms with Crippen LogP contribution in [0.4, 0.5) is 16.6 Å². The van der Waals surface area contributed by atoms with Gasteiger partial charge in [-0.05, 0) is 59.8 Å². The van der Waals surface area contributed by atoms with Gasteiger partial charge in [-0.1, -0.05) is 101 Å². The summed E-state index contributed by atoms with van der Waals surface area (Å²) in [5, 5.41) is 22.5. The summed E-state index contributed by atoms with van der Waals surface area (Å²) in [6, 6.07) is 27.1. The Morgan fingerprint density at radius 2 is 1.61 bits per heavy atom. The number of rotatable bonds is 15. The summed E-state index contributed by atoms with van der Waals surface area (Å²) >= 11 is 0. The molecule has 5 rings (SSSR count). The molecule has 0 fully saturated rings. The highest BCUT2D eigenvalue weighted by Gasteiger charge is 2.50. The van der Waals surface area contributed by atoms with Crippen LogP contribution >= 0.6 is 0 Å². The summed E-state index contributed by atoms with van der Waals surface area (Å²) < 4.78 is 14.8. The van der Waals surface area contributed by atoms with Gasteiger partial charge in [0.25, 0.3) is 8.32 Å². The maximum absolute atomic E-state index is 11.7. The molecule has 0 unspecified atom stereocenters. The van der Waals surface area contributed by atoms with E-state index in [0.29, 0.717) is 42.2 Å². The second kappa shape index (κ2) is 15.6. The molecular formula is C39H51N7O4Si. The van der Waals surface area contributed by atoms with Crippen molar-refractivity contribution in [3.8, 4) is 5.75 Å². The van der Waals surface area contributed by atoms with Gasteiger partial charge in [0, 0.05) is 23.8 Å². The number of hydrogen-bond donors (Lipinski definition) is 4. The van der Waals surface area contributed by atoms with Crippen molar-refractivity contribution in [3.05, 3.63) is 96.2 Å². The van der Waals surface area contributed by atoms with Gasteiger partial charge in [-0.25, -0.2) is 9.78 Å². The number of hydrogen-bond acceptors (Lipinski definition) is 8. The zero-order valence-electron chi connectivity index (χ0n) is 30.7. The summed E-state index contributed by atoms with van der Waals surface area (Å²) in [7, 11) is -1.10. The van der Waals surface area contributed by atoms with Crippen molar-refractivity contribution in [2.24, 2.45) is 5.73 Å². The molecule has 0 aliphatic heterocycles. The molecule has 5 N–H and O–H groups in total. The fourth-order valence-electron chi connectivity index (χ4n) is 6.78. The van der Waals surface area contributed by atoms with Crippen molar-refractivity contribution >= 4 is 47.6 Å². The Kier molecular flexibility index (Phi) is 11.5. The van der Waals surface area contributed by atoms with Crippen molar-refractivity contribution in [2.45, 2.75) is 84.0 Å². The lowest BCUT2D eigenvalue weighted by molar-refractivity contribution is 0.209. The lowest BCUT2D eigenvalue weighted by atomic mass is 9.93. The highest BCUT2D eigenvalue weighted by molar-refractivity contribution is 6.99. The molecule has 5 aromatic rings. The van der Waals surface area contributed by atoms with Crippen LogP contribution < -0.4 is 31.5 Å². The highest BCUT2D eigenvalue weighted by atomic mass is 28.4. The number of ether oxygens (including phenoxy) is 1. The van der Waals surface area contributed by atoms with Crippen molar-refractivity contribution in [1.29, 1.82) is 0 Å². The second-order valence-electron chi connectivity index (χ2n) is 14.5. The molecule has 11 nitrogen and oxygen atoms in total. The molecule has 2 aromatic heterocycles. The van der Waals surface area contributed by atoms with E-state index in [4.69, 9.17) is 14.9 Å². The van der Waals surface area contributed by atoms with Gasteiger partial charge in [0.15, 0.2) is 5.82 Å². The Hall–Kier alpha value is -4.78. The summed E-state index contributed by atoms with van der Waals surface area (Å²) in [6.07, 6.45) is 2.83. The van der Waals surface area contributed by atoms with Crippen LogP contribution in [0.1, 0.15) is 71.9 Å². The average Bonchev–Trinajstić information content (AvgIpc) is 3.48. The molecule has 0 bridgehead atoms. The molecule has 2 heterocycles. The van der Waals surface area contributed by atoms with E-state index >= 15 is 0 Å². The monoisotopic (exact) mass is 709 g/mol. The number of nitrogens with two attached hydrogens (primary N) is 1.